The van der Waals surface area contributed by atoms with Gasteiger partial charge < -0.3 is 15.1 Å². The molecule has 0 aromatic carbocycles. The van der Waals surface area contributed by atoms with Crippen LogP contribution in [0, 0.1) is 5.92 Å². The van der Waals surface area contributed by atoms with Gasteiger partial charge in [0.2, 0.25) is 0 Å². The molecule has 8 heteroatoms. The standard InChI is InChI=1S/C17H24F3N3O2/c18-17(19,20)13-5-15(7-21-6-13)22-4-3-12(8-22)9-23-10-16(25)2-1-14(23)11-24/h5-7,12,14,16,24-25H,1-4,8-11H2/t12-,14+,16+/m0/s1. The minimum Gasteiger partial charge on any atom is -0.395 e. The molecule has 2 aliphatic rings. The molecule has 5 nitrogen and oxygen atoms in total. The van der Waals surface area contributed by atoms with Crippen LogP contribution in [0.3, 0.4) is 0 Å². The third kappa shape index (κ3) is 4.43. The maximum atomic E-state index is 12.8. The van der Waals surface area contributed by atoms with Crippen molar-refractivity contribution in [3.63, 3.8) is 0 Å². The summed E-state index contributed by atoms with van der Waals surface area (Å²) in [7, 11) is 0. The van der Waals surface area contributed by atoms with Crippen LogP contribution in [-0.4, -0.2) is 65.0 Å². The van der Waals surface area contributed by atoms with E-state index in [1.54, 1.807) is 0 Å². The first-order chi connectivity index (χ1) is 11.9. The van der Waals surface area contributed by atoms with E-state index in [9.17, 15) is 23.4 Å². The van der Waals surface area contributed by atoms with Crippen LogP contribution in [0.25, 0.3) is 0 Å². The van der Waals surface area contributed by atoms with Gasteiger partial charge in [-0.1, -0.05) is 0 Å². The van der Waals surface area contributed by atoms with Gasteiger partial charge in [0.25, 0.3) is 0 Å². The Morgan fingerprint density at radius 2 is 1.96 bits per heavy atom. The van der Waals surface area contributed by atoms with Gasteiger partial charge >= 0.3 is 6.18 Å². The Kier molecular flexibility index (Phi) is 5.50. The summed E-state index contributed by atoms with van der Waals surface area (Å²) in [6.07, 6.45) is -0.0915. The van der Waals surface area contributed by atoms with E-state index >= 15 is 0 Å². The molecule has 2 N–H and O–H groups in total. The quantitative estimate of drug-likeness (QED) is 0.858. The summed E-state index contributed by atoms with van der Waals surface area (Å²) in [5.41, 5.74) is -0.234. The van der Waals surface area contributed by atoms with Crippen LogP contribution in [0.5, 0.6) is 0 Å². The van der Waals surface area contributed by atoms with E-state index in [1.807, 2.05) is 4.90 Å². The molecule has 2 aliphatic heterocycles. The summed E-state index contributed by atoms with van der Waals surface area (Å²) < 4.78 is 38.5. The number of aromatic nitrogens is 1. The normalized spacial score (nSPS) is 28.5. The minimum atomic E-state index is -4.39. The predicted octanol–water partition coefficient (Wildman–Crippen LogP) is 1.74. The van der Waals surface area contributed by atoms with Gasteiger partial charge in [0.1, 0.15) is 0 Å². The number of hydrogen-bond donors (Lipinski definition) is 2. The van der Waals surface area contributed by atoms with Crippen LogP contribution in [0.1, 0.15) is 24.8 Å². The van der Waals surface area contributed by atoms with Gasteiger partial charge in [0.15, 0.2) is 0 Å². The van der Waals surface area contributed by atoms with E-state index in [0.717, 1.165) is 31.6 Å². The van der Waals surface area contributed by atoms with Gasteiger partial charge in [-0.2, -0.15) is 13.2 Å². The SMILES string of the molecule is OC[C@H]1CC[C@@H](O)CN1C[C@H]1CCN(c2cncc(C(F)(F)F)c2)C1. The summed E-state index contributed by atoms with van der Waals surface area (Å²) in [4.78, 5) is 7.78. The molecule has 3 atom stereocenters. The van der Waals surface area contributed by atoms with E-state index in [1.165, 1.54) is 6.20 Å². The second-order valence-electron chi connectivity index (χ2n) is 7.05. The van der Waals surface area contributed by atoms with Gasteiger partial charge in [0.05, 0.1) is 30.2 Å². The molecule has 1 aromatic heterocycles. The number of rotatable bonds is 4. The molecule has 0 unspecified atom stereocenters. The van der Waals surface area contributed by atoms with Crippen molar-refractivity contribution in [3.05, 3.63) is 24.0 Å². The topological polar surface area (TPSA) is 59.8 Å². The van der Waals surface area contributed by atoms with Gasteiger partial charge in [-0.3, -0.25) is 9.88 Å². The van der Waals surface area contributed by atoms with Crippen molar-refractivity contribution >= 4 is 5.69 Å². The maximum Gasteiger partial charge on any atom is 0.417 e. The summed E-state index contributed by atoms with van der Waals surface area (Å²) in [5, 5.41) is 19.4. The van der Waals surface area contributed by atoms with E-state index < -0.39 is 11.7 Å². The van der Waals surface area contributed by atoms with Crippen LogP contribution < -0.4 is 4.90 Å². The molecule has 0 spiro atoms. The third-order valence-corrected chi connectivity index (χ3v) is 5.20. The highest BCUT2D eigenvalue weighted by Gasteiger charge is 2.34. The highest BCUT2D eigenvalue weighted by molar-refractivity contribution is 5.47. The molecule has 0 aliphatic carbocycles. The summed E-state index contributed by atoms with van der Waals surface area (Å²) in [6.45, 7) is 2.71. The number of halogens is 3. The lowest BCUT2D eigenvalue weighted by Crippen LogP contribution is -2.49. The van der Waals surface area contributed by atoms with Crippen molar-refractivity contribution in [1.29, 1.82) is 0 Å². The average molecular weight is 359 g/mol. The Bertz CT molecular complexity index is 585. The number of alkyl halides is 3. The van der Waals surface area contributed by atoms with E-state index in [4.69, 9.17) is 0 Å². The van der Waals surface area contributed by atoms with Crippen molar-refractivity contribution in [2.24, 2.45) is 5.92 Å². The second kappa shape index (κ2) is 7.47. The first-order valence-corrected chi connectivity index (χ1v) is 8.67. The summed E-state index contributed by atoms with van der Waals surface area (Å²) in [5.74, 6) is 0.300. The summed E-state index contributed by atoms with van der Waals surface area (Å²) in [6, 6.07) is 1.21. The molecular weight excluding hydrogens is 335 g/mol. The average Bonchev–Trinajstić information content (AvgIpc) is 3.03. The molecule has 0 bridgehead atoms. The van der Waals surface area contributed by atoms with Crippen molar-refractivity contribution in [1.82, 2.24) is 9.88 Å². The molecular formula is C17H24F3N3O2. The number of nitrogens with zero attached hydrogens (tertiary/aromatic N) is 3. The third-order valence-electron chi connectivity index (χ3n) is 5.20. The van der Waals surface area contributed by atoms with E-state index in [-0.39, 0.29) is 18.8 Å². The van der Waals surface area contributed by atoms with Crippen LogP contribution >= 0.6 is 0 Å². The van der Waals surface area contributed by atoms with Crippen molar-refractivity contribution in [3.8, 4) is 0 Å². The number of pyridine rings is 1. The van der Waals surface area contributed by atoms with E-state index in [0.29, 0.717) is 37.7 Å². The number of β-amino-alcohol motifs (C(OH)–C–C–N with tert-alkyl or cyclic N) is 1. The molecule has 3 heterocycles. The first-order valence-electron chi connectivity index (χ1n) is 8.67. The van der Waals surface area contributed by atoms with Gasteiger partial charge in [-0.05, 0) is 31.2 Å². The number of hydrogen-bond acceptors (Lipinski definition) is 5. The molecule has 0 saturated carbocycles. The zero-order valence-corrected chi connectivity index (χ0v) is 14.0. The van der Waals surface area contributed by atoms with Crippen molar-refractivity contribution in [2.45, 2.75) is 37.6 Å². The van der Waals surface area contributed by atoms with Gasteiger partial charge in [-0.25, -0.2) is 0 Å². The molecule has 140 valence electrons. The van der Waals surface area contributed by atoms with Crippen molar-refractivity contribution in [2.75, 3.05) is 37.7 Å². The zero-order chi connectivity index (χ0) is 18.0. The number of piperidine rings is 1. The molecule has 25 heavy (non-hydrogen) atoms. The van der Waals surface area contributed by atoms with Crippen LogP contribution in [0.4, 0.5) is 18.9 Å². The van der Waals surface area contributed by atoms with Crippen LogP contribution in [0.15, 0.2) is 18.5 Å². The van der Waals surface area contributed by atoms with Crippen LogP contribution in [0.2, 0.25) is 0 Å². The number of aliphatic hydroxyl groups is 2. The lowest BCUT2D eigenvalue weighted by Gasteiger charge is -2.38. The van der Waals surface area contributed by atoms with Crippen molar-refractivity contribution < 1.29 is 23.4 Å². The fraction of sp³-hybridized carbons (Fsp3) is 0.706. The fourth-order valence-corrected chi connectivity index (χ4v) is 3.81. The van der Waals surface area contributed by atoms with E-state index in [2.05, 4.69) is 9.88 Å². The highest BCUT2D eigenvalue weighted by atomic mass is 19.4. The molecule has 2 fully saturated rings. The van der Waals surface area contributed by atoms with Crippen LogP contribution in [-0.2, 0) is 6.18 Å². The number of aliphatic hydroxyl groups excluding tert-OH is 2. The Labute approximate surface area is 145 Å². The lowest BCUT2D eigenvalue weighted by molar-refractivity contribution is -0.137. The lowest BCUT2D eigenvalue weighted by atomic mass is 9.98. The molecule has 3 rings (SSSR count). The van der Waals surface area contributed by atoms with Gasteiger partial charge in [-0.15, -0.1) is 0 Å². The zero-order valence-electron chi connectivity index (χ0n) is 14.0. The first kappa shape index (κ1) is 18.4. The number of likely N-dealkylation sites (tertiary alicyclic amines) is 1. The molecule has 0 amide bonds. The fourth-order valence-electron chi connectivity index (χ4n) is 3.81. The Morgan fingerprint density at radius 1 is 1.16 bits per heavy atom. The minimum absolute atomic E-state index is 0.0627. The molecule has 0 radical (unpaired) electrons. The smallest absolute Gasteiger partial charge is 0.395 e. The van der Waals surface area contributed by atoms with Gasteiger partial charge in [0, 0.05) is 38.4 Å². The largest absolute Gasteiger partial charge is 0.417 e. The predicted molar refractivity (Wildman–Crippen MR) is 87.2 cm³/mol. The Morgan fingerprint density at radius 3 is 2.68 bits per heavy atom. The highest BCUT2D eigenvalue weighted by Crippen LogP contribution is 2.32. The number of anilines is 1. The molecule has 2 saturated heterocycles. The monoisotopic (exact) mass is 359 g/mol. The Hall–Kier alpha value is -1.38. The molecule has 1 aromatic rings. The Balaban J connectivity index is 1.62. The second-order valence-corrected chi connectivity index (χ2v) is 7.05. The summed E-state index contributed by atoms with van der Waals surface area (Å²) >= 11 is 0. The maximum absolute atomic E-state index is 12.8.